The van der Waals surface area contributed by atoms with Crippen LogP contribution in [0, 0.1) is 5.92 Å². The Kier molecular flexibility index (Phi) is 4.31. The fourth-order valence-corrected chi connectivity index (χ4v) is 3.67. The molecule has 1 aliphatic rings. The Bertz CT molecular complexity index is 253. The molecule has 3 nitrogen and oxygen atoms in total. The third-order valence-corrected chi connectivity index (χ3v) is 4.65. The summed E-state index contributed by atoms with van der Waals surface area (Å²) in [5.41, 5.74) is 0. The number of oxime groups is 1. The van der Waals surface area contributed by atoms with E-state index in [4.69, 9.17) is 5.21 Å². The number of aliphatic imine (C=N–C) groups is 1. The molecule has 0 aromatic heterocycles. The molecule has 1 heterocycles. The molecule has 0 bridgehead atoms. The molecule has 1 rings (SSSR count). The van der Waals surface area contributed by atoms with E-state index < -0.39 is 0 Å². The Balaban J connectivity index is 2.52. The SMILES string of the molecule is CC(C)CN=C1SCC(C)(C=NO)S1. The third-order valence-electron chi connectivity index (χ3n) is 1.72. The molecule has 14 heavy (non-hydrogen) atoms. The molecule has 1 N–H and O–H groups in total. The standard InChI is InChI=1S/C9H16N2OS2/c1-7(2)4-10-8-13-6-9(3,14-8)5-11-12/h5,7,12H,4,6H2,1-3H3. The maximum atomic E-state index is 8.50. The van der Waals surface area contributed by atoms with E-state index in [1.165, 1.54) is 0 Å². The predicted octanol–water partition coefficient (Wildman–Crippen LogP) is 2.70. The fourth-order valence-electron chi connectivity index (χ4n) is 0.984. The van der Waals surface area contributed by atoms with Gasteiger partial charge < -0.3 is 5.21 Å². The van der Waals surface area contributed by atoms with Gasteiger partial charge in [0, 0.05) is 12.3 Å². The Labute approximate surface area is 93.4 Å². The van der Waals surface area contributed by atoms with Gasteiger partial charge in [-0.1, -0.05) is 37.4 Å². The zero-order valence-electron chi connectivity index (χ0n) is 8.73. The van der Waals surface area contributed by atoms with E-state index in [1.54, 1.807) is 29.7 Å². The van der Waals surface area contributed by atoms with E-state index in [2.05, 4.69) is 30.9 Å². The van der Waals surface area contributed by atoms with Crippen LogP contribution in [-0.2, 0) is 0 Å². The lowest BCUT2D eigenvalue weighted by molar-refractivity contribution is 0.320. The van der Waals surface area contributed by atoms with Gasteiger partial charge in [-0.05, 0) is 12.8 Å². The molecule has 0 aromatic rings. The quantitative estimate of drug-likeness (QED) is 0.462. The van der Waals surface area contributed by atoms with E-state index >= 15 is 0 Å². The zero-order chi connectivity index (χ0) is 10.6. The van der Waals surface area contributed by atoms with Crippen molar-refractivity contribution in [2.45, 2.75) is 25.5 Å². The molecule has 0 amide bonds. The van der Waals surface area contributed by atoms with Crippen LogP contribution in [0.25, 0.3) is 0 Å². The van der Waals surface area contributed by atoms with E-state index in [-0.39, 0.29) is 4.75 Å². The van der Waals surface area contributed by atoms with Crippen LogP contribution < -0.4 is 0 Å². The van der Waals surface area contributed by atoms with Gasteiger partial charge in [0.25, 0.3) is 0 Å². The highest BCUT2D eigenvalue weighted by Gasteiger charge is 2.33. The second-order valence-corrected chi connectivity index (χ2v) is 6.69. The van der Waals surface area contributed by atoms with Crippen molar-refractivity contribution < 1.29 is 5.21 Å². The molecule has 80 valence electrons. The van der Waals surface area contributed by atoms with Crippen molar-refractivity contribution in [2.75, 3.05) is 12.3 Å². The van der Waals surface area contributed by atoms with Crippen LogP contribution in [0.2, 0.25) is 0 Å². The van der Waals surface area contributed by atoms with Crippen LogP contribution in [0.4, 0.5) is 0 Å². The molecule has 1 saturated heterocycles. The summed E-state index contributed by atoms with van der Waals surface area (Å²) in [5.74, 6) is 1.53. The topological polar surface area (TPSA) is 45.0 Å². The summed E-state index contributed by atoms with van der Waals surface area (Å²) in [5, 5.41) is 11.6. The van der Waals surface area contributed by atoms with Gasteiger partial charge in [-0.2, -0.15) is 0 Å². The minimum atomic E-state index is -0.0881. The minimum absolute atomic E-state index is 0.0881. The van der Waals surface area contributed by atoms with E-state index in [1.807, 2.05) is 0 Å². The molecule has 1 unspecified atom stereocenters. The van der Waals surface area contributed by atoms with Crippen LogP contribution in [-0.4, -0.2) is 32.8 Å². The van der Waals surface area contributed by atoms with Gasteiger partial charge in [0.15, 0.2) is 0 Å². The van der Waals surface area contributed by atoms with Crippen LogP contribution in [0.1, 0.15) is 20.8 Å². The first kappa shape index (κ1) is 11.9. The Morgan fingerprint density at radius 1 is 1.64 bits per heavy atom. The maximum absolute atomic E-state index is 8.50. The molecule has 5 heteroatoms. The van der Waals surface area contributed by atoms with Gasteiger partial charge in [0.1, 0.15) is 4.38 Å². The van der Waals surface area contributed by atoms with Gasteiger partial charge in [0.2, 0.25) is 0 Å². The van der Waals surface area contributed by atoms with Crippen LogP contribution in [0.5, 0.6) is 0 Å². The minimum Gasteiger partial charge on any atom is -0.411 e. The van der Waals surface area contributed by atoms with Crippen LogP contribution in [0.15, 0.2) is 10.1 Å². The van der Waals surface area contributed by atoms with Crippen molar-refractivity contribution in [3.8, 4) is 0 Å². The molecule has 0 saturated carbocycles. The highest BCUT2D eigenvalue weighted by molar-refractivity contribution is 8.42. The number of hydrogen-bond donors (Lipinski definition) is 1. The summed E-state index contributed by atoms with van der Waals surface area (Å²) in [4.78, 5) is 4.50. The molecule has 0 aliphatic carbocycles. The largest absolute Gasteiger partial charge is 0.411 e. The van der Waals surface area contributed by atoms with E-state index in [9.17, 15) is 0 Å². The first-order chi connectivity index (χ1) is 6.56. The molecule has 1 aliphatic heterocycles. The van der Waals surface area contributed by atoms with E-state index in [0.29, 0.717) is 5.92 Å². The predicted molar refractivity (Wildman–Crippen MR) is 65.9 cm³/mol. The Hall–Kier alpha value is -0.160. The van der Waals surface area contributed by atoms with Crippen LogP contribution in [0.3, 0.4) is 0 Å². The normalized spacial score (nSPS) is 31.0. The van der Waals surface area contributed by atoms with Crippen molar-refractivity contribution >= 4 is 34.1 Å². The summed E-state index contributed by atoms with van der Waals surface area (Å²) >= 11 is 3.43. The number of nitrogens with zero attached hydrogens (tertiary/aromatic N) is 2. The molecule has 1 fully saturated rings. The van der Waals surface area contributed by atoms with Crippen molar-refractivity contribution in [3.05, 3.63) is 0 Å². The first-order valence-electron chi connectivity index (χ1n) is 4.60. The molecule has 0 spiro atoms. The summed E-state index contributed by atoms with van der Waals surface area (Å²) in [7, 11) is 0. The summed E-state index contributed by atoms with van der Waals surface area (Å²) in [6.07, 6.45) is 1.59. The number of rotatable bonds is 3. The summed E-state index contributed by atoms with van der Waals surface area (Å²) in [6.45, 7) is 7.25. The highest BCUT2D eigenvalue weighted by Crippen LogP contribution is 2.40. The highest BCUT2D eigenvalue weighted by atomic mass is 32.2. The summed E-state index contributed by atoms with van der Waals surface area (Å²) < 4.78 is 1.02. The monoisotopic (exact) mass is 232 g/mol. The lowest BCUT2D eigenvalue weighted by atomic mass is 10.2. The van der Waals surface area contributed by atoms with Gasteiger partial charge in [0.05, 0.1) is 11.0 Å². The van der Waals surface area contributed by atoms with Gasteiger partial charge in [-0.25, -0.2) is 0 Å². The Morgan fingerprint density at radius 3 is 2.93 bits per heavy atom. The van der Waals surface area contributed by atoms with Crippen molar-refractivity contribution in [1.29, 1.82) is 0 Å². The second kappa shape index (κ2) is 5.07. The number of hydrogen-bond acceptors (Lipinski definition) is 5. The lowest BCUT2D eigenvalue weighted by Gasteiger charge is -2.12. The average molecular weight is 232 g/mol. The van der Waals surface area contributed by atoms with Gasteiger partial charge in [-0.3, -0.25) is 4.99 Å². The molecule has 0 radical (unpaired) electrons. The third kappa shape index (κ3) is 3.53. The van der Waals surface area contributed by atoms with Crippen LogP contribution >= 0.6 is 23.5 Å². The van der Waals surface area contributed by atoms with Crippen molar-refractivity contribution in [2.24, 2.45) is 16.1 Å². The lowest BCUT2D eigenvalue weighted by Crippen LogP contribution is -2.21. The van der Waals surface area contributed by atoms with Crippen molar-refractivity contribution in [3.63, 3.8) is 0 Å². The molecule has 1 atom stereocenters. The first-order valence-corrected chi connectivity index (χ1v) is 6.41. The molecular formula is C9H16N2OS2. The summed E-state index contributed by atoms with van der Waals surface area (Å²) in [6, 6.07) is 0. The number of thioether (sulfide) groups is 2. The Morgan fingerprint density at radius 2 is 2.36 bits per heavy atom. The second-order valence-electron chi connectivity index (χ2n) is 3.95. The fraction of sp³-hybridized carbons (Fsp3) is 0.778. The van der Waals surface area contributed by atoms with Gasteiger partial charge in [-0.15, -0.1) is 5.16 Å². The van der Waals surface area contributed by atoms with E-state index in [0.717, 1.165) is 16.7 Å². The maximum Gasteiger partial charge on any atom is 0.125 e. The average Bonchev–Trinajstić information content (AvgIpc) is 2.45. The smallest absolute Gasteiger partial charge is 0.125 e. The van der Waals surface area contributed by atoms with Crippen molar-refractivity contribution in [1.82, 2.24) is 0 Å². The zero-order valence-corrected chi connectivity index (χ0v) is 10.4. The molecule has 0 aromatic carbocycles. The van der Waals surface area contributed by atoms with Gasteiger partial charge >= 0.3 is 0 Å². The molecular weight excluding hydrogens is 216 g/mol.